The molecule has 18 heavy (non-hydrogen) atoms. The Morgan fingerprint density at radius 3 is 3.06 bits per heavy atom. The van der Waals surface area contributed by atoms with E-state index < -0.39 is 5.92 Å². The summed E-state index contributed by atoms with van der Waals surface area (Å²) in [6.07, 6.45) is 7.12. The molecule has 0 bridgehead atoms. The molecule has 1 unspecified atom stereocenters. The second-order valence-corrected chi connectivity index (χ2v) is 4.28. The van der Waals surface area contributed by atoms with Gasteiger partial charge in [-0.05, 0) is 25.2 Å². The highest BCUT2D eigenvalue weighted by molar-refractivity contribution is 7.80. The lowest BCUT2D eigenvalue weighted by molar-refractivity contribution is -0.133. The first-order chi connectivity index (χ1) is 8.63. The van der Waals surface area contributed by atoms with Crippen LogP contribution in [0.1, 0.15) is 6.92 Å². The lowest BCUT2D eigenvalue weighted by atomic mass is 9.95. The SMILES string of the molecule is CCNC(=O)CN1C(=O)C2C=CC=CC2=NC1=S. The van der Waals surface area contributed by atoms with E-state index in [0.29, 0.717) is 12.3 Å². The quantitative estimate of drug-likeness (QED) is 0.751. The number of aliphatic imine (C=N–C) groups is 1. The number of carbonyl (C=O) groups is 2. The van der Waals surface area contributed by atoms with Gasteiger partial charge >= 0.3 is 0 Å². The minimum absolute atomic E-state index is 0.0731. The first-order valence-corrected chi connectivity index (χ1v) is 6.09. The second kappa shape index (κ2) is 5.22. The van der Waals surface area contributed by atoms with E-state index in [1.807, 2.05) is 13.0 Å². The van der Waals surface area contributed by atoms with Crippen LogP contribution in [0.2, 0.25) is 0 Å². The molecule has 2 aliphatic rings. The van der Waals surface area contributed by atoms with Crippen molar-refractivity contribution < 1.29 is 9.59 Å². The second-order valence-electron chi connectivity index (χ2n) is 3.92. The lowest BCUT2D eigenvalue weighted by Gasteiger charge is -2.29. The predicted octanol–water partition coefficient (Wildman–Crippen LogP) is 0.433. The Bertz CT molecular complexity index is 494. The molecule has 6 heteroatoms. The van der Waals surface area contributed by atoms with E-state index in [2.05, 4.69) is 10.3 Å². The Hall–Kier alpha value is -1.82. The number of rotatable bonds is 3. The van der Waals surface area contributed by atoms with Crippen LogP contribution in [0.25, 0.3) is 0 Å². The van der Waals surface area contributed by atoms with Crippen molar-refractivity contribution in [2.75, 3.05) is 13.1 Å². The molecule has 2 amide bonds. The minimum Gasteiger partial charge on any atom is -0.355 e. The Balaban J connectivity index is 2.18. The molecule has 1 atom stereocenters. The van der Waals surface area contributed by atoms with Crippen LogP contribution in [0, 0.1) is 5.92 Å². The van der Waals surface area contributed by atoms with Crippen LogP contribution in [-0.2, 0) is 9.59 Å². The molecule has 0 saturated carbocycles. The highest BCUT2D eigenvalue weighted by Gasteiger charge is 2.34. The summed E-state index contributed by atoms with van der Waals surface area (Å²) in [6, 6.07) is 0. The van der Waals surface area contributed by atoms with Gasteiger partial charge in [-0.1, -0.05) is 18.2 Å². The van der Waals surface area contributed by atoms with Crippen LogP contribution in [-0.4, -0.2) is 40.6 Å². The predicted molar refractivity (Wildman–Crippen MR) is 72.2 cm³/mol. The summed E-state index contributed by atoms with van der Waals surface area (Å²) < 4.78 is 0. The van der Waals surface area contributed by atoms with Crippen molar-refractivity contribution in [3.63, 3.8) is 0 Å². The molecule has 94 valence electrons. The molecule has 0 aromatic heterocycles. The standard InChI is InChI=1S/C12H13N3O2S/c1-2-13-10(16)7-15-11(17)8-5-3-4-6-9(8)14-12(15)18/h3-6,8H,2,7H2,1H3,(H,13,16). The molecule has 0 radical (unpaired) electrons. The maximum Gasteiger partial charge on any atom is 0.242 e. The summed E-state index contributed by atoms with van der Waals surface area (Å²) in [5, 5.41) is 2.78. The number of likely N-dealkylation sites (N-methyl/N-ethyl adjacent to an activating group) is 1. The van der Waals surface area contributed by atoms with Gasteiger partial charge in [0.25, 0.3) is 0 Å². The number of allylic oxidation sites excluding steroid dienone is 3. The molecule has 0 saturated heterocycles. The van der Waals surface area contributed by atoms with Gasteiger partial charge < -0.3 is 5.32 Å². The van der Waals surface area contributed by atoms with Crippen LogP contribution in [0.5, 0.6) is 0 Å². The summed E-state index contributed by atoms with van der Waals surface area (Å²) >= 11 is 5.05. The van der Waals surface area contributed by atoms with Gasteiger partial charge in [0.2, 0.25) is 16.9 Å². The van der Waals surface area contributed by atoms with E-state index in [0.717, 1.165) is 0 Å². The van der Waals surface area contributed by atoms with Crippen molar-refractivity contribution >= 4 is 34.9 Å². The van der Waals surface area contributed by atoms with Gasteiger partial charge in [0.05, 0.1) is 11.6 Å². The third kappa shape index (κ3) is 2.38. The van der Waals surface area contributed by atoms with Crippen LogP contribution >= 0.6 is 12.2 Å². The fourth-order valence-corrected chi connectivity index (χ4v) is 2.08. The van der Waals surface area contributed by atoms with E-state index in [9.17, 15) is 9.59 Å². The summed E-state index contributed by atoms with van der Waals surface area (Å²) in [6.45, 7) is 2.27. The van der Waals surface area contributed by atoms with E-state index in [4.69, 9.17) is 12.2 Å². The Morgan fingerprint density at radius 1 is 1.56 bits per heavy atom. The molecule has 5 nitrogen and oxygen atoms in total. The third-order valence-electron chi connectivity index (χ3n) is 2.66. The molecular formula is C12H13N3O2S. The number of hydrogen-bond donors (Lipinski definition) is 1. The van der Waals surface area contributed by atoms with Gasteiger partial charge in [-0.25, -0.2) is 4.99 Å². The Labute approximate surface area is 110 Å². The van der Waals surface area contributed by atoms with Crippen LogP contribution < -0.4 is 5.32 Å². The molecule has 1 N–H and O–H groups in total. The molecule has 0 fully saturated rings. The summed E-state index contributed by atoms with van der Waals surface area (Å²) in [4.78, 5) is 29.2. The van der Waals surface area contributed by atoms with Crippen LogP contribution in [0.15, 0.2) is 29.3 Å². The zero-order valence-corrected chi connectivity index (χ0v) is 10.7. The van der Waals surface area contributed by atoms with Crippen molar-refractivity contribution in [2.45, 2.75) is 6.92 Å². The maximum atomic E-state index is 12.2. The number of thiocarbonyl (C=S) groups is 1. The number of nitrogens with one attached hydrogen (secondary N) is 1. The fourth-order valence-electron chi connectivity index (χ4n) is 1.82. The van der Waals surface area contributed by atoms with E-state index in [1.54, 1.807) is 18.2 Å². The molecule has 1 aliphatic heterocycles. The van der Waals surface area contributed by atoms with Crippen LogP contribution in [0.3, 0.4) is 0 Å². The average Bonchev–Trinajstić information content (AvgIpc) is 2.35. The number of amides is 2. The van der Waals surface area contributed by atoms with Crippen molar-refractivity contribution in [2.24, 2.45) is 10.9 Å². The molecule has 1 aliphatic carbocycles. The minimum atomic E-state index is -0.420. The zero-order valence-electron chi connectivity index (χ0n) is 9.92. The van der Waals surface area contributed by atoms with Gasteiger partial charge in [0.15, 0.2) is 0 Å². The van der Waals surface area contributed by atoms with E-state index in [1.165, 1.54) is 4.90 Å². The van der Waals surface area contributed by atoms with Crippen molar-refractivity contribution in [1.82, 2.24) is 10.2 Å². The number of carbonyl (C=O) groups excluding carboxylic acids is 2. The van der Waals surface area contributed by atoms with Gasteiger partial charge in [0.1, 0.15) is 6.54 Å². The normalized spacial score (nSPS) is 21.7. The molecule has 0 spiro atoms. The topological polar surface area (TPSA) is 61.8 Å². The lowest BCUT2D eigenvalue weighted by Crippen LogP contribution is -2.49. The highest BCUT2D eigenvalue weighted by Crippen LogP contribution is 2.19. The fraction of sp³-hybridized carbons (Fsp3) is 0.333. The molecular weight excluding hydrogens is 250 g/mol. The monoisotopic (exact) mass is 263 g/mol. The molecule has 2 rings (SSSR count). The summed E-state index contributed by atoms with van der Waals surface area (Å²) in [5.41, 5.74) is 0.639. The number of nitrogens with zero attached hydrogens (tertiary/aromatic N) is 2. The smallest absolute Gasteiger partial charge is 0.242 e. The van der Waals surface area contributed by atoms with Gasteiger partial charge in [-0.2, -0.15) is 0 Å². The first kappa shape index (κ1) is 12.6. The maximum absolute atomic E-state index is 12.2. The van der Waals surface area contributed by atoms with Gasteiger partial charge in [0, 0.05) is 6.54 Å². The number of hydrogen-bond acceptors (Lipinski definition) is 3. The Kier molecular flexibility index (Phi) is 3.66. The molecule has 0 aromatic rings. The molecule has 1 heterocycles. The zero-order chi connectivity index (χ0) is 13.1. The average molecular weight is 263 g/mol. The summed E-state index contributed by atoms with van der Waals surface area (Å²) in [7, 11) is 0. The third-order valence-corrected chi connectivity index (χ3v) is 2.98. The van der Waals surface area contributed by atoms with E-state index in [-0.39, 0.29) is 23.5 Å². The van der Waals surface area contributed by atoms with Crippen molar-refractivity contribution in [3.05, 3.63) is 24.3 Å². The van der Waals surface area contributed by atoms with Crippen molar-refractivity contribution in [1.29, 1.82) is 0 Å². The van der Waals surface area contributed by atoms with Gasteiger partial charge in [-0.15, -0.1) is 0 Å². The number of fused-ring (bicyclic) bond motifs is 1. The first-order valence-electron chi connectivity index (χ1n) is 5.69. The largest absolute Gasteiger partial charge is 0.355 e. The van der Waals surface area contributed by atoms with E-state index >= 15 is 0 Å². The summed E-state index contributed by atoms with van der Waals surface area (Å²) in [5.74, 6) is -0.852. The highest BCUT2D eigenvalue weighted by atomic mass is 32.1. The molecule has 0 aromatic carbocycles. The van der Waals surface area contributed by atoms with Crippen molar-refractivity contribution in [3.8, 4) is 0 Å². The Morgan fingerprint density at radius 2 is 2.33 bits per heavy atom. The van der Waals surface area contributed by atoms with Gasteiger partial charge in [-0.3, -0.25) is 14.5 Å². The van der Waals surface area contributed by atoms with Crippen LogP contribution in [0.4, 0.5) is 0 Å².